The second kappa shape index (κ2) is 6.89. The fourth-order valence-corrected chi connectivity index (χ4v) is 2.11. The van der Waals surface area contributed by atoms with Crippen molar-refractivity contribution in [3.63, 3.8) is 0 Å². The summed E-state index contributed by atoms with van der Waals surface area (Å²) in [6.07, 6.45) is 0.565. The van der Waals surface area contributed by atoms with Crippen molar-refractivity contribution < 1.29 is 19.1 Å². The monoisotopic (exact) mass is 288 g/mol. The molecule has 0 saturated heterocycles. The summed E-state index contributed by atoms with van der Waals surface area (Å²) in [4.78, 5) is 35.9. The third-order valence-corrected chi connectivity index (χ3v) is 3.14. The highest BCUT2D eigenvalue weighted by molar-refractivity contribution is 6.64. The van der Waals surface area contributed by atoms with Gasteiger partial charge in [-0.3, -0.25) is 14.5 Å². The quantitative estimate of drug-likeness (QED) is 0.427. The Morgan fingerprint density at radius 1 is 1.57 bits per heavy atom. The molecule has 0 aromatic heterocycles. The maximum atomic E-state index is 12.5. The Labute approximate surface area is 122 Å². The summed E-state index contributed by atoms with van der Waals surface area (Å²) >= 11 is 0. The molecule has 1 amide bonds. The van der Waals surface area contributed by atoms with Crippen LogP contribution in [-0.4, -0.2) is 51.7 Å². The molecule has 1 atom stereocenters. The largest absolute Gasteiger partial charge is 0.468 e. The van der Waals surface area contributed by atoms with Crippen LogP contribution in [0.25, 0.3) is 0 Å². The van der Waals surface area contributed by atoms with Crippen LogP contribution < -0.4 is 15.4 Å². The SMILES string of the molecule is COC(=O)CN1C(=O)[C@@H](N[B]C=O)CNc2ccccc21. The number of amides is 1. The van der Waals surface area contributed by atoms with Crippen LogP contribution in [0.1, 0.15) is 0 Å². The molecule has 1 aromatic rings. The van der Waals surface area contributed by atoms with Crippen LogP contribution >= 0.6 is 0 Å². The Bertz CT molecular complexity index is 552. The van der Waals surface area contributed by atoms with Gasteiger partial charge in [0.15, 0.2) is 0 Å². The molecule has 7 nitrogen and oxygen atoms in total. The number of fused-ring (bicyclic) bond motifs is 1. The minimum absolute atomic E-state index is 0.187. The Balaban J connectivity index is 2.31. The van der Waals surface area contributed by atoms with E-state index < -0.39 is 12.0 Å². The number of hydrogen-bond donors (Lipinski definition) is 2. The highest BCUT2D eigenvalue weighted by Gasteiger charge is 2.31. The van der Waals surface area contributed by atoms with Gasteiger partial charge < -0.3 is 20.1 Å². The van der Waals surface area contributed by atoms with Crippen LogP contribution in [0.2, 0.25) is 0 Å². The molecule has 2 N–H and O–H groups in total. The van der Waals surface area contributed by atoms with Gasteiger partial charge in [0.1, 0.15) is 6.54 Å². The number of hydrogen-bond acceptors (Lipinski definition) is 6. The lowest BCUT2D eigenvalue weighted by atomic mass is 9.96. The Morgan fingerprint density at radius 2 is 2.33 bits per heavy atom. The first kappa shape index (κ1) is 15.1. The van der Waals surface area contributed by atoms with Crippen LogP contribution in [0.3, 0.4) is 0 Å². The van der Waals surface area contributed by atoms with Crippen molar-refractivity contribution in [2.24, 2.45) is 0 Å². The predicted octanol–water partition coefficient (Wildman–Crippen LogP) is -0.614. The van der Waals surface area contributed by atoms with Crippen molar-refractivity contribution >= 4 is 36.9 Å². The first-order chi connectivity index (χ1) is 10.2. The van der Waals surface area contributed by atoms with E-state index in [-0.39, 0.29) is 12.5 Å². The number of carbonyl (C=O) groups is 3. The lowest BCUT2D eigenvalue weighted by molar-refractivity contribution is -0.140. The highest BCUT2D eigenvalue weighted by atomic mass is 16.5. The molecule has 1 aliphatic heterocycles. The van der Waals surface area contributed by atoms with Gasteiger partial charge in [0.05, 0.1) is 30.7 Å². The van der Waals surface area contributed by atoms with E-state index >= 15 is 0 Å². The van der Waals surface area contributed by atoms with E-state index in [2.05, 4.69) is 15.3 Å². The summed E-state index contributed by atoms with van der Waals surface area (Å²) in [5.74, 6) is -0.825. The minimum Gasteiger partial charge on any atom is -0.468 e. The molecule has 0 fully saturated rings. The fraction of sp³-hybridized carbons (Fsp3) is 0.308. The van der Waals surface area contributed by atoms with Crippen molar-refractivity contribution in [3.8, 4) is 0 Å². The van der Waals surface area contributed by atoms with Crippen molar-refractivity contribution in [3.05, 3.63) is 24.3 Å². The fourth-order valence-electron chi connectivity index (χ4n) is 2.11. The first-order valence-corrected chi connectivity index (χ1v) is 6.41. The van der Waals surface area contributed by atoms with E-state index in [1.807, 2.05) is 12.1 Å². The van der Waals surface area contributed by atoms with E-state index in [1.165, 1.54) is 12.0 Å². The summed E-state index contributed by atoms with van der Waals surface area (Å²) in [5, 5.41) is 5.84. The van der Waals surface area contributed by atoms with Gasteiger partial charge >= 0.3 is 5.97 Å². The molecule has 1 aliphatic rings. The Hall–Kier alpha value is -2.35. The van der Waals surface area contributed by atoms with Gasteiger partial charge in [0, 0.05) is 6.54 Å². The second-order valence-electron chi connectivity index (χ2n) is 4.42. The topological polar surface area (TPSA) is 87.7 Å². The average molecular weight is 288 g/mol. The molecular weight excluding hydrogens is 273 g/mol. The van der Waals surface area contributed by atoms with Gasteiger partial charge in [-0.2, -0.15) is 0 Å². The zero-order valence-corrected chi connectivity index (χ0v) is 11.5. The van der Waals surface area contributed by atoms with Crippen LogP contribution in [0.15, 0.2) is 24.3 Å². The Kier molecular flexibility index (Phi) is 4.94. The molecule has 109 valence electrons. The number of esters is 1. The maximum Gasteiger partial charge on any atom is 0.325 e. The van der Waals surface area contributed by atoms with Crippen molar-refractivity contribution in [2.45, 2.75) is 6.04 Å². The van der Waals surface area contributed by atoms with Gasteiger partial charge in [0.25, 0.3) is 7.41 Å². The number of anilines is 2. The molecule has 0 aliphatic carbocycles. The highest BCUT2D eigenvalue weighted by Crippen LogP contribution is 2.28. The molecule has 1 aromatic carbocycles. The van der Waals surface area contributed by atoms with Crippen LogP contribution in [0.4, 0.5) is 11.4 Å². The number of methoxy groups -OCH3 is 1. The van der Waals surface area contributed by atoms with E-state index in [1.54, 1.807) is 12.1 Å². The van der Waals surface area contributed by atoms with Gasteiger partial charge in [-0.05, 0) is 12.1 Å². The standard InChI is InChI=1S/C13H15BN3O4/c1-21-12(19)7-17-11-5-3-2-4-9(11)15-6-10(13(17)20)16-14-8-18/h2-5,8,10,15-16H,6-7H2,1H3/t10-/m0/s1. The van der Waals surface area contributed by atoms with Gasteiger partial charge in [-0.25, -0.2) is 0 Å². The van der Waals surface area contributed by atoms with E-state index in [0.717, 1.165) is 13.1 Å². The second-order valence-corrected chi connectivity index (χ2v) is 4.42. The van der Waals surface area contributed by atoms with Crippen LogP contribution in [-0.2, 0) is 19.1 Å². The minimum atomic E-state index is -0.646. The number of ether oxygens (including phenoxy) is 1. The molecule has 0 unspecified atom stereocenters. The number of carbonyl (C=O) groups excluding carboxylic acids is 3. The third-order valence-electron chi connectivity index (χ3n) is 3.14. The zero-order chi connectivity index (χ0) is 15.2. The number of benzene rings is 1. The number of rotatable bonds is 5. The molecule has 1 radical (unpaired) electrons. The molecule has 0 spiro atoms. The molecule has 0 saturated carbocycles. The molecule has 8 heteroatoms. The van der Waals surface area contributed by atoms with Crippen LogP contribution in [0, 0.1) is 0 Å². The predicted molar refractivity (Wildman–Crippen MR) is 78.7 cm³/mol. The summed E-state index contributed by atoms with van der Waals surface area (Å²) in [5.41, 5.74) is 1.34. The summed E-state index contributed by atoms with van der Waals surface area (Å²) in [6, 6.07) is 6.53. The summed E-state index contributed by atoms with van der Waals surface area (Å²) < 4.78 is 4.64. The molecule has 2 rings (SSSR count). The van der Waals surface area contributed by atoms with Crippen molar-refractivity contribution in [1.29, 1.82) is 0 Å². The average Bonchev–Trinajstić information content (AvgIpc) is 2.64. The van der Waals surface area contributed by atoms with Gasteiger partial charge in [-0.1, -0.05) is 12.1 Å². The lowest BCUT2D eigenvalue weighted by Crippen LogP contribution is -2.51. The van der Waals surface area contributed by atoms with Crippen LogP contribution in [0.5, 0.6) is 0 Å². The van der Waals surface area contributed by atoms with E-state index in [0.29, 0.717) is 18.4 Å². The molecule has 1 heterocycles. The first-order valence-electron chi connectivity index (χ1n) is 6.41. The van der Waals surface area contributed by atoms with E-state index in [4.69, 9.17) is 0 Å². The van der Waals surface area contributed by atoms with Gasteiger partial charge in [0.2, 0.25) is 5.91 Å². The normalized spacial score (nSPS) is 17.3. The van der Waals surface area contributed by atoms with E-state index in [9.17, 15) is 14.4 Å². The summed E-state index contributed by atoms with van der Waals surface area (Å²) in [6.45, 7) is 0.116. The molecule has 0 bridgehead atoms. The summed E-state index contributed by atoms with van der Waals surface area (Å²) in [7, 11) is 2.43. The smallest absolute Gasteiger partial charge is 0.325 e. The van der Waals surface area contributed by atoms with Crippen molar-refractivity contribution in [2.75, 3.05) is 30.4 Å². The zero-order valence-electron chi connectivity index (χ0n) is 11.5. The maximum absolute atomic E-state index is 12.5. The number of nitrogens with one attached hydrogen (secondary N) is 2. The number of nitrogens with zero attached hydrogens (tertiary/aromatic N) is 1. The molecular formula is C13H15BN3O4. The third kappa shape index (κ3) is 3.40. The molecule has 21 heavy (non-hydrogen) atoms. The lowest BCUT2D eigenvalue weighted by Gasteiger charge is -2.24. The van der Waals surface area contributed by atoms with Crippen molar-refractivity contribution in [1.82, 2.24) is 5.23 Å². The van der Waals surface area contributed by atoms with Gasteiger partial charge in [-0.15, -0.1) is 0 Å². The number of para-hydroxylation sites is 2. The Morgan fingerprint density at radius 3 is 3.05 bits per heavy atom.